The lowest BCUT2D eigenvalue weighted by Crippen LogP contribution is -2.40. The number of hydrogen-bond donors (Lipinski definition) is 7. The molecule has 3 aliphatic rings. The molecule has 0 spiro atoms. The molecule has 9 N–H and O–H groups in total. The third kappa shape index (κ3) is 11.7. The van der Waals surface area contributed by atoms with Crippen LogP contribution >= 0.6 is 22.9 Å². The van der Waals surface area contributed by atoms with Crippen LogP contribution in [0.2, 0.25) is 5.02 Å². The van der Waals surface area contributed by atoms with Gasteiger partial charge >= 0.3 is 0 Å². The van der Waals surface area contributed by atoms with Crippen molar-refractivity contribution < 1.29 is 19.4 Å². The highest BCUT2D eigenvalue weighted by atomic mass is 35.5. The summed E-state index contributed by atoms with van der Waals surface area (Å²) in [4.78, 5) is 26.9. The van der Waals surface area contributed by atoms with Gasteiger partial charge in [0.25, 0.3) is 5.91 Å². The summed E-state index contributed by atoms with van der Waals surface area (Å²) in [5.41, 5.74) is 18.1. The molecule has 332 valence electrons. The number of aliphatic imine (C=N–C) groups is 1. The average molecular weight is 894 g/mol. The van der Waals surface area contributed by atoms with Crippen molar-refractivity contribution in [1.29, 1.82) is 16.1 Å². The van der Waals surface area contributed by atoms with Crippen molar-refractivity contribution in [1.82, 2.24) is 15.2 Å². The van der Waals surface area contributed by atoms with Crippen molar-refractivity contribution >= 4 is 51.2 Å². The van der Waals surface area contributed by atoms with Crippen molar-refractivity contribution in [2.75, 3.05) is 24.6 Å². The lowest BCUT2D eigenvalue weighted by molar-refractivity contribution is -0.118. The van der Waals surface area contributed by atoms with E-state index in [4.69, 9.17) is 53.7 Å². The second kappa shape index (κ2) is 21.4. The number of nitrogens with one attached hydrogen (secondary N) is 3. The molecule has 0 bridgehead atoms. The molecule has 2 fully saturated rings. The van der Waals surface area contributed by atoms with Crippen LogP contribution < -0.4 is 21.7 Å². The van der Waals surface area contributed by atoms with Gasteiger partial charge in [0.05, 0.1) is 47.0 Å². The van der Waals surface area contributed by atoms with Crippen LogP contribution in [0.4, 0.5) is 5.00 Å². The molecular formula is C47H57ClN10O4S. The maximum Gasteiger partial charge on any atom is 0.267 e. The molecule has 1 atom stereocenters. The first kappa shape index (κ1) is 46.6. The lowest BCUT2D eigenvalue weighted by atomic mass is 9.72. The highest BCUT2D eigenvalue weighted by Crippen LogP contribution is 2.41. The molecule has 63 heavy (non-hydrogen) atoms. The highest BCUT2D eigenvalue weighted by Gasteiger charge is 2.35. The van der Waals surface area contributed by atoms with Gasteiger partial charge in [0.2, 0.25) is 0 Å². The number of aromatic hydroxyl groups is 1. The number of hydrogen-bond acceptors (Lipinski definition) is 13. The molecule has 2 aromatic carbocycles. The minimum atomic E-state index is -0.566. The van der Waals surface area contributed by atoms with E-state index < -0.39 is 6.04 Å². The Labute approximate surface area is 378 Å². The van der Waals surface area contributed by atoms with E-state index in [1.54, 1.807) is 41.5 Å². The molecule has 14 nitrogen and oxygen atoms in total. The van der Waals surface area contributed by atoms with E-state index in [-0.39, 0.29) is 46.7 Å². The summed E-state index contributed by atoms with van der Waals surface area (Å²) in [6, 6.07) is 14.3. The van der Waals surface area contributed by atoms with Crippen molar-refractivity contribution in [2.45, 2.75) is 90.6 Å². The summed E-state index contributed by atoms with van der Waals surface area (Å²) in [5, 5.41) is 48.9. The molecule has 0 saturated heterocycles. The molecule has 16 heteroatoms. The summed E-state index contributed by atoms with van der Waals surface area (Å²) in [6.07, 6.45) is 15.2. The maximum absolute atomic E-state index is 12.6. The molecule has 0 radical (unpaired) electrons. The Morgan fingerprint density at radius 2 is 1.84 bits per heavy atom. The number of phenols is 1. The Bertz CT molecular complexity index is 2390. The third-order valence-electron chi connectivity index (χ3n) is 11.8. The van der Waals surface area contributed by atoms with Crippen LogP contribution in [0.3, 0.4) is 0 Å². The second-order valence-corrected chi connectivity index (χ2v) is 18.1. The number of aromatic nitrogens is 1. The van der Waals surface area contributed by atoms with Crippen molar-refractivity contribution in [2.24, 2.45) is 28.3 Å². The zero-order chi connectivity index (χ0) is 45.2. The normalized spacial score (nSPS) is 19.1. The molecule has 1 unspecified atom stereocenters. The van der Waals surface area contributed by atoms with Crippen molar-refractivity contribution in [3.8, 4) is 11.8 Å². The molecule has 3 heterocycles. The number of nitrogens with two attached hydrogens (primary N) is 2. The van der Waals surface area contributed by atoms with Crippen LogP contribution in [0.15, 0.2) is 88.0 Å². The number of benzene rings is 2. The first-order chi connectivity index (χ1) is 30.3. The van der Waals surface area contributed by atoms with Gasteiger partial charge in [-0.3, -0.25) is 25.5 Å². The number of fused-ring (bicyclic) bond motifs is 1. The topological polar surface area (TPSA) is 238 Å². The number of allylic oxidation sites excluding steroid dienone is 2. The average Bonchev–Trinajstić information content (AvgIpc) is 3.84. The Hall–Kier alpha value is -5.95. The van der Waals surface area contributed by atoms with Crippen LogP contribution in [0.1, 0.15) is 90.5 Å². The van der Waals surface area contributed by atoms with Gasteiger partial charge in [-0.05, 0) is 106 Å². The van der Waals surface area contributed by atoms with Gasteiger partial charge in [-0.15, -0.1) is 11.3 Å². The smallest absolute Gasteiger partial charge is 0.267 e. The predicted octanol–water partition coefficient (Wildman–Crippen LogP) is 7.47. The Morgan fingerprint density at radius 1 is 1.11 bits per heavy atom. The quantitative estimate of drug-likeness (QED) is 0.0303. The minimum Gasteiger partial charge on any atom is -0.508 e. The number of nitriles is 1. The number of nitrogens with zero attached hydrogens (tertiary/aromatic N) is 5. The molecule has 2 aromatic heterocycles. The summed E-state index contributed by atoms with van der Waals surface area (Å²) >= 11 is 7.14. The summed E-state index contributed by atoms with van der Waals surface area (Å²) < 4.78 is 5.54. The van der Waals surface area contributed by atoms with Crippen LogP contribution in [-0.2, 0) is 17.6 Å². The van der Waals surface area contributed by atoms with Crippen LogP contribution in [0.5, 0.6) is 5.75 Å². The molecule has 2 saturated carbocycles. The number of oxazole rings is 1. The minimum absolute atomic E-state index is 0.0176. The number of thiophene rings is 1. The van der Waals surface area contributed by atoms with Crippen LogP contribution in [0.25, 0.3) is 0 Å². The fourth-order valence-corrected chi connectivity index (χ4v) is 9.79. The molecule has 7 rings (SSSR count). The Morgan fingerprint density at radius 3 is 2.48 bits per heavy atom. The molecule has 2 aliphatic carbocycles. The number of aliphatic hydroxyl groups excluding tert-OH is 1. The van der Waals surface area contributed by atoms with E-state index in [9.17, 15) is 9.90 Å². The largest absolute Gasteiger partial charge is 0.508 e. The Balaban J connectivity index is 0.000000582. The summed E-state index contributed by atoms with van der Waals surface area (Å²) in [5.74, 6) is 2.31. The van der Waals surface area contributed by atoms with E-state index >= 15 is 0 Å². The van der Waals surface area contributed by atoms with E-state index in [1.165, 1.54) is 36.4 Å². The van der Waals surface area contributed by atoms with E-state index in [0.29, 0.717) is 42.1 Å². The Kier molecular flexibility index (Phi) is 15.8. The number of amides is 1. The van der Waals surface area contributed by atoms with Gasteiger partial charge < -0.3 is 36.3 Å². The fourth-order valence-electron chi connectivity index (χ4n) is 8.35. The number of anilines is 1. The highest BCUT2D eigenvalue weighted by molar-refractivity contribution is 7.17. The van der Waals surface area contributed by atoms with Crippen molar-refractivity contribution in [3.05, 3.63) is 122 Å². The second-order valence-electron chi connectivity index (χ2n) is 16.5. The number of rotatable bonds is 13. The van der Waals surface area contributed by atoms with Gasteiger partial charge in [-0.2, -0.15) is 5.26 Å². The molecule has 4 aromatic rings. The molecular weight excluding hydrogens is 836 g/mol. The number of aliphatic hydroxyl groups is 1. The molecule has 1 aliphatic heterocycles. The number of carbonyl (C=O) groups is 1. The van der Waals surface area contributed by atoms with Crippen LogP contribution in [0, 0.1) is 47.8 Å². The van der Waals surface area contributed by atoms with Crippen molar-refractivity contribution in [3.63, 3.8) is 0 Å². The van der Waals surface area contributed by atoms with Gasteiger partial charge in [0.15, 0.2) is 5.89 Å². The van der Waals surface area contributed by atoms with Gasteiger partial charge in [-0.25, -0.2) is 4.98 Å². The van der Waals surface area contributed by atoms with Gasteiger partial charge in [0, 0.05) is 35.1 Å². The summed E-state index contributed by atoms with van der Waals surface area (Å²) in [7, 11) is 0. The van der Waals surface area contributed by atoms with E-state index in [1.807, 2.05) is 11.0 Å². The number of aryl methyl sites for hydroxylation is 1. The van der Waals surface area contributed by atoms with Gasteiger partial charge in [0.1, 0.15) is 40.8 Å². The monoisotopic (exact) mass is 892 g/mol. The number of amidine groups is 2. The van der Waals surface area contributed by atoms with Gasteiger partial charge in [-0.1, -0.05) is 55.1 Å². The first-order valence-corrected chi connectivity index (χ1v) is 22.5. The lowest BCUT2D eigenvalue weighted by Gasteiger charge is -2.39. The van der Waals surface area contributed by atoms with E-state index in [2.05, 4.69) is 48.4 Å². The fraction of sp³-hybridized carbons (Fsp3) is 0.404. The number of phenolic OH excluding ortho intramolecular Hbond substituents is 1. The third-order valence-corrected chi connectivity index (χ3v) is 13.3. The standard InChI is InChI=1S/C40H53N9O3S.C7H4ClNO/c1-24-25(2)53-40-36(24)37(47-33(22-35-45-15-18-52-35)38(44)49(40)26(3)41)30-11-9-27(10-12-30)19-28-20-29(21-28)23-48(16-17-50)34(43)14-13-32(42)39(51)46-31-7-5-4-6-8-31;8-7-3-6(10)2-1-5(7)4-9/h9-15,18,28-29,31,33,41,44,50H,4-8,16-17,19-23,42-43H2,1-3H3,(H,46,51);1-3,10H/b32-13-,34-14+,41-26?,44-38?;. The van der Waals surface area contributed by atoms with Crippen LogP contribution in [-0.4, -0.2) is 75.2 Å². The number of carbonyl (C=O) groups excluding carboxylic acids is 1. The maximum atomic E-state index is 12.6. The predicted molar refractivity (Wildman–Crippen MR) is 249 cm³/mol. The zero-order valence-corrected chi connectivity index (χ0v) is 37.6. The first-order valence-electron chi connectivity index (χ1n) is 21.3. The zero-order valence-electron chi connectivity index (χ0n) is 36.0. The summed E-state index contributed by atoms with van der Waals surface area (Å²) in [6.45, 7) is 7.00. The number of halogens is 1. The SMILES string of the molecule is CC(=N)N1C(=N)C(Cc2ncco2)N=C(c2ccc(CC3CC(CN(CCO)/C(N)=C/C=C(\N)C(=O)NC4CCCCC4)C3)cc2)c2c1sc(C)c2C.N#Cc1ccc(O)cc1Cl. The molecule has 1 amide bonds. The van der Waals surface area contributed by atoms with E-state index in [0.717, 1.165) is 83.8 Å².